The monoisotopic (exact) mass is 285 g/mol. The van der Waals surface area contributed by atoms with Gasteiger partial charge in [-0.25, -0.2) is 0 Å². The van der Waals surface area contributed by atoms with E-state index in [1.54, 1.807) is 0 Å². The zero-order valence-corrected chi connectivity index (χ0v) is 11.4. The average molecular weight is 285 g/mol. The van der Waals surface area contributed by atoms with E-state index in [2.05, 4.69) is 27.6 Å². The van der Waals surface area contributed by atoms with Crippen molar-refractivity contribution in [1.82, 2.24) is 15.5 Å². The molecule has 0 spiro atoms. The van der Waals surface area contributed by atoms with Crippen molar-refractivity contribution in [2.45, 2.75) is 25.7 Å². The predicted molar refractivity (Wildman–Crippen MR) is 73.1 cm³/mol. The van der Waals surface area contributed by atoms with E-state index in [0.29, 0.717) is 24.6 Å². The van der Waals surface area contributed by atoms with Gasteiger partial charge in [0.2, 0.25) is 17.7 Å². The normalized spacial score (nSPS) is 18.0. The summed E-state index contributed by atoms with van der Waals surface area (Å²) in [5, 5.41) is 6.19. The van der Waals surface area contributed by atoms with Gasteiger partial charge in [0.05, 0.1) is 5.92 Å². The molecule has 1 aliphatic rings. The van der Waals surface area contributed by atoms with Crippen LogP contribution in [0.4, 0.5) is 0 Å². The van der Waals surface area contributed by atoms with Crippen LogP contribution in [0.3, 0.4) is 0 Å². The highest BCUT2D eigenvalue weighted by Gasteiger charge is 2.32. The highest BCUT2D eigenvalue weighted by atomic mass is 16.5. The van der Waals surface area contributed by atoms with E-state index in [9.17, 15) is 9.59 Å². The molecular weight excluding hydrogens is 270 g/mol. The molecule has 1 aromatic carbocycles. The summed E-state index contributed by atoms with van der Waals surface area (Å²) >= 11 is 0. The molecule has 0 bridgehead atoms. The minimum absolute atomic E-state index is 0.195. The van der Waals surface area contributed by atoms with Gasteiger partial charge in [-0.15, -0.1) is 0 Å². The number of nitrogens with one attached hydrogen (secondary N) is 1. The maximum absolute atomic E-state index is 11.5. The van der Waals surface area contributed by atoms with Crippen LogP contribution in [0.2, 0.25) is 0 Å². The summed E-state index contributed by atoms with van der Waals surface area (Å²) in [5.74, 6) is 0.143. The Labute approximate surface area is 121 Å². The maximum Gasteiger partial charge on any atom is 0.230 e. The fourth-order valence-corrected chi connectivity index (χ4v) is 2.36. The summed E-state index contributed by atoms with van der Waals surface area (Å²) in [6.45, 7) is 0. The first-order valence-corrected chi connectivity index (χ1v) is 6.90. The molecule has 1 aromatic heterocycles. The van der Waals surface area contributed by atoms with E-state index in [4.69, 9.17) is 4.52 Å². The minimum Gasteiger partial charge on any atom is -0.339 e. The summed E-state index contributed by atoms with van der Waals surface area (Å²) < 4.78 is 5.15. The van der Waals surface area contributed by atoms with Crippen molar-refractivity contribution in [1.29, 1.82) is 0 Å². The number of amides is 2. The van der Waals surface area contributed by atoms with Crippen LogP contribution in [0, 0.1) is 5.92 Å². The lowest BCUT2D eigenvalue weighted by molar-refractivity contribution is -0.125. The van der Waals surface area contributed by atoms with Crippen LogP contribution in [0.1, 0.15) is 23.7 Å². The number of carbonyl (C=O) groups is 2. The van der Waals surface area contributed by atoms with E-state index < -0.39 is 0 Å². The molecule has 6 heteroatoms. The Morgan fingerprint density at radius 2 is 2.00 bits per heavy atom. The highest BCUT2D eigenvalue weighted by molar-refractivity contribution is 6.03. The lowest BCUT2D eigenvalue weighted by atomic mass is 10.0. The summed E-state index contributed by atoms with van der Waals surface area (Å²) in [6, 6.07) is 10.1. The van der Waals surface area contributed by atoms with Crippen LogP contribution in [0.5, 0.6) is 0 Å². The Balaban J connectivity index is 1.56. The molecule has 6 nitrogen and oxygen atoms in total. The van der Waals surface area contributed by atoms with Crippen molar-refractivity contribution in [2.75, 3.05) is 0 Å². The van der Waals surface area contributed by atoms with E-state index in [-0.39, 0.29) is 24.2 Å². The predicted octanol–water partition coefficient (Wildman–Crippen LogP) is 1.06. The van der Waals surface area contributed by atoms with Crippen molar-refractivity contribution >= 4 is 11.8 Å². The second-order valence-electron chi connectivity index (χ2n) is 5.11. The Morgan fingerprint density at radius 1 is 1.19 bits per heavy atom. The molecule has 1 unspecified atom stereocenters. The molecule has 0 aliphatic carbocycles. The molecule has 3 rings (SSSR count). The first-order chi connectivity index (χ1) is 10.2. The van der Waals surface area contributed by atoms with Crippen LogP contribution in [0.15, 0.2) is 34.9 Å². The summed E-state index contributed by atoms with van der Waals surface area (Å²) in [5.41, 5.74) is 1.21. The van der Waals surface area contributed by atoms with Gasteiger partial charge in [-0.3, -0.25) is 14.9 Å². The summed E-state index contributed by atoms with van der Waals surface area (Å²) in [6.07, 6.45) is 2.03. The summed E-state index contributed by atoms with van der Waals surface area (Å²) in [4.78, 5) is 26.9. The fourth-order valence-electron chi connectivity index (χ4n) is 2.36. The molecule has 2 heterocycles. The lowest BCUT2D eigenvalue weighted by Gasteiger charge is -1.99. The van der Waals surface area contributed by atoms with Gasteiger partial charge >= 0.3 is 0 Å². The third kappa shape index (κ3) is 3.34. The number of carbonyl (C=O) groups excluding carboxylic acids is 2. The third-order valence-corrected chi connectivity index (χ3v) is 3.48. The molecule has 2 amide bonds. The smallest absolute Gasteiger partial charge is 0.230 e. The largest absolute Gasteiger partial charge is 0.339 e. The van der Waals surface area contributed by atoms with Crippen molar-refractivity contribution in [3.05, 3.63) is 47.6 Å². The second-order valence-corrected chi connectivity index (χ2v) is 5.11. The fraction of sp³-hybridized carbons (Fsp3) is 0.333. The molecule has 1 saturated heterocycles. The van der Waals surface area contributed by atoms with E-state index >= 15 is 0 Å². The van der Waals surface area contributed by atoms with E-state index in [0.717, 1.165) is 6.42 Å². The minimum atomic E-state index is -0.389. The zero-order valence-electron chi connectivity index (χ0n) is 11.4. The number of aryl methyl sites for hydroxylation is 2. The SMILES string of the molecule is O=C1CC(Cc2nc(CCc3ccccc3)no2)C(=O)N1. The molecule has 1 fully saturated rings. The van der Waals surface area contributed by atoms with Crippen LogP contribution < -0.4 is 5.32 Å². The Bertz CT molecular complexity index is 651. The quantitative estimate of drug-likeness (QED) is 0.830. The lowest BCUT2D eigenvalue weighted by Crippen LogP contribution is -2.22. The Morgan fingerprint density at radius 3 is 2.71 bits per heavy atom. The Hall–Kier alpha value is -2.50. The Kier molecular flexibility index (Phi) is 3.77. The first-order valence-electron chi connectivity index (χ1n) is 6.90. The van der Waals surface area contributed by atoms with Crippen LogP contribution >= 0.6 is 0 Å². The third-order valence-electron chi connectivity index (χ3n) is 3.48. The summed E-state index contributed by atoms with van der Waals surface area (Å²) in [7, 11) is 0. The molecule has 2 aromatic rings. The average Bonchev–Trinajstić information content (AvgIpc) is 3.05. The van der Waals surface area contributed by atoms with Crippen molar-refractivity contribution in [3.63, 3.8) is 0 Å². The molecule has 21 heavy (non-hydrogen) atoms. The standard InChI is InChI=1S/C15H15N3O3/c19-13-8-11(15(20)17-13)9-14-16-12(18-21-14)7-6-10-4-2-1-3-5-10/h1-5,11H,6-9H2,(H,17,19,20). The maximum atomic E-state index is 11.5. The van der Waals surface area contributed by atoms with Gasteiger partial charge < -0.3 is 4.52 Å². The van der Waals surface area contributed by atoms with E-state index in [1.807, 2.05) is 18.2 Å². The van der Waals surface area contributed by atoms with Gasteiger partial charge in [0, 0.05) is 19.3 Å². The van der Waals surface area contributed by atoms with Gasteiger partial charge in [0.15, 0.2) is 5.82 Å². The molecule has 0 radical (unpaired) electrons. The molecule has 1 atom stereocenters. The first kappa shape index (κ1) is 13.5. The number of hydrogen-bond donors (Lipinski definition) is 1. The second kappa shape index (κ2) is 5.87. The van der Waals surface area contributed by atoms with Gasteiger partial charge in [-0.2, -0.15) is 4.98 Å². The van der Waals surface area contributed by atoms with Gasteiger partial charge in [-0.05, 0) is 12.0 Å². The molecule has 0 saturated carbocycles. The zero-order chi connectivity index (χ0) is 14.7. The number of hydrogen-bond acceptors (Lipinski definition) is 5. The van der Waals surface area contributed by atoms with Gasteiger partial charge in [-0.1, -0.05) is 35.5 Å². The number of rotatable bonds is 5. The number of nitrogens with zero attached hydrogens (tertiary/aromatic N) is 2. The topological polar surface area (TPSA) is 85.1 Å². The van der Waals surface area contributed by atoms with Crippen molar-refractivity contribution < 1.29 is 14.1 Å². The molecular formula is C15H15N3O3. The van der Waals surface area contributed by atoms with Crippen LogP contribution in [-0.2, 0) is 28.9 Å². The molecule has 108 valence electrons. The molecule has 1 aliphatic heterocycles. The van der Waals surface area contributed by atoms with Crippen LogP contribution in [-0.4, -0.2) is 22.0 Å². The number of imide groups is 1. The van der Waals surface area contributed by atoms with Gasteiger partial charge in [0.25, 0.3) is 0 Å². The number of benzene rings is 1. The van der Waals surface area contributed by atoms with Crippen LogP contribution in [0.25, 0.3) is 0 Å². The highest BCUT2D eigenvalue weighted by Crippen LogP contribution is 2.16. The molecule has 1 N–H and O–H groups in total. The van der Waals surface area contributed by atoms with Crippen molar-refractivity contribution in [3.8, 4) is 0 Å². The van der Waals surface area contributed by atoms with Gasteiger partial charge in [0.1, 0.15) is 0 Å². The van der Waals surface area contributed by atoms with Crippen molar-refractivity contribution in [2.24, 2.45) is 5.92 Å². The van der Waals surface area contributed by atoms with E-state index in [1.165, 1.54) is 5.56 Å². The number of aromatic nitrogens is 2.